The zero-order valence-corrected chi connectivity index (χ0v) is 16.4. The van der Waals surface area contributed by atoms with Crippen LogP contribution in [0.2, 0.25) is 0 Å². The minimum absolute atomic E-state index is 0.0246. The zero-order chi connectivity index (χ0) is 19.9. The number of rotatable bonds is 6. The van der Waals surface area contributed by atoms with Gasteiger partial charge in [0.25, 0.3) is 11.8 Å². The van der Waals surface area contributed by atoms with Crippen molar-refractivity contribution in [3.8, 4) is 0 Å². The van der Waals surface area contributed by atoms with E-state index in [4.69, 9.17) is 9.15 Å². The van der Waals surface area contributed by atoms with Crippen molar-refractivity contribution in [1.29, 1.82) is 0 Å². The van der Waals surface area contributed by atoms with Crippen molar-refractivity contribution >= 4 is 35.2 Å². The molecule has 0 radical (unpaired) electrons. The normalized spacial score (nSPS) is 16.0. The van der Waals surface area contributed by atoms with Crippen LogP contribution >= 0.6 is 11.8 Å². The van der Waals surface area contributed by atoms with Crippen molar-refractivity contribution in [3.05, 3.63) is 48.4 Å². The standard InChI is InChI=1S/C20H22N2O5S/c1-14-9-11-22(15-5-2-3-7-17(15)28-14)18(23)13-27-19(24)8-10-21-20(25)16-6-4-12-26-16/h2-7,12,14H,8-11,13H2,1H3,(H,21,25). The number of thioether (sulfide) groups is 1. The molecule has 0 fully saturated rings. The lowest BCUT2D eigenvalue weighted by Gasteiger charge is -2.22. The number of carbonyl (C=O) groups excluding carboxylic acids is 3. The van der Waals surface area contributed by atoms with Gasteiger partial charge in [-0.2, -0.15) is 0 Å². The van der Waals surface area contributed by atoms with Crippen molar-refractivity contribution in [2.75, 3.05) is 24.6 Å². The molecule has 1 unspecified atom stereocenters. The second-order valence-corrected chi connectivity index (χ2v) is 7.85. The lowest BCUT2D eigenvalue weighted by atomic mass is 10.2. The Morgan fingerprint density at radius 2 is 2.07 bits per heavy atom. The summed E-state index contributed by atoms with van der Waals surface area (Å²) in [6, 6.07) is 10.9. The predicted octanol–water partition coefficient (Wildman–Crippen LogP) is 2.86. The highest BCUT2D eigenvalue weighted by Gasteiger charge is 2.24. The Hall–Kier alpha value is -2.74. The number of para-hydroxylation sites is 1. The van der Waals surface area contributed by atoms with Gasteiger partial charge in [0, 0.05) is 23.2 Å². The van der Waals surface area contributed by atoms with E-state index in [1.807, 2.05) is 24.3 Å². The van der Waals surface area contributed by atoms with Gasteiger partial charge in [0.1, 0.15) is 0 Å². The minimum atomic E-state index is -0.543. The Morgan fingerprint density at radius 1 is 1.25 bits per heavy atom. The number of nitrogens with one attached hydrogen (secondary N) is 1. The summed E-state index contributed by atoms with van der Waals surface area (Å²) in [4.78, 5) is 39.0. The molecule has 1 aliphatic rings. The van der Waals surface area contributed by atoms with Crippen LogP contribution in [0.15, 0.2) is 52.0 Å². The number of anilines is 1. The fourth-order valence-corrected chi connectivity index (χ4v) is 3.92. The molecule has 1 aliphatic heterocycles. The van der Waals surface area contributed by atoms with Gasteiger partial charge in [0.05, 0.1) is 18.4 Å². The monoisotopic (exact) mass is 402 g/mol. The zero-order valence-electron chi connectivity index (χ0n) is 15.6. The largest absolute Gasteiger partial charge is 0.459 e. The molecule has 0 bridgehead atoms. The predicted molar refractivity (Wildman–Crippen MR) is 105 cm³/mol. The number of hydrogen-bond donors (Lipinski definition) is 1. The molecular weight excluding hydrogens is 380 g/mol. The molecule has 0 spiro atoms. The number of carbonyl (C=O) groups is 3. The van der Waals surface area contributed by atoms with Crippen LogP contribution in [0.4, 0.5) is 5.69 Å². The maximum absolute atomic E-state index is 12.6. The summed E-state index contributed by atoms with van der Waals surface area (Å²) in [6.07, 6.45) is 2.23. The Balaban J connectivity index is 1.47. The topological polar surface area (TPSA) is 88.9 Å². The lowest BCUT2D eigenvalue weighted by Crippen LogP contribution is -2.36. The quantitative estimate of drug-likeness (QED) is 0.748. The molecule has 7 nitrogen and oxygen atoms in total. The number of fused-ring (bicyclic) bond motifs is 1. The van der Waals surface area contributed by atoms with Crippen LogP contribution in [0.3, 0.4) is 0 Å². The molecule has 1 aromatic heterocycles. The number of ether oxygens (including phenoxy) is 1. The first-order valence-electron chi connectivity index (χ1n) is 9.08. The number of nitrogens with zero attached hydrogens (tertiary/aromatic N) is 1. The molecule has 8 heteroatoms. The third kappa shape index (κ3) is 5.16. The minimum Gasteiger partial charge on any atom is -0.459 e. The molecule has 0 aliphatic carbocycles. The summed E-state index contributed by atoms with van der Waals surface area (Å²) in [6.45, 7) is 2.50. The average molecular weight is 402 g/mol. The molecule has 28 heavy (non-hydrogen) atoms. The third-order valence-electron chi connectivity index (χ3n) is 4.26. The lowest BCUT2D eigenvalue weighted by molar-refractivity contribution is -0.147. The summed E-state index contributed by atoms with van der Waals surface area (Å²) >= 11 is 1.74. The molecule has 1 N–H and O–H groups in total. The second kappa shape index (κ2) is 9.45. The summed E-state index contributed by atoms with van der Waals surface area (Å²) in [7, 11) is 0. The first-order chi connectivity index (χ1) is 13.5. The Kier molecular flexibility index (Phi) is 6.76. The van der Waals surface area contributed by atoms with E-state index in [-0.39, 0.29) is 31.2 Å². The van der Waals surface area contributed by atoms with E-state index in [0.29, 0.717) is 11.8 Å². The number of esters is 1. The summed E-state index contributed by atoms with van der Waals surface area (Å²) < 4.78 is 10.1. The van der Waals surface area contributed by atoms with Crippen molar-refractivity contribution < 1.29 is 23.5 Å². The second-order valence-electron chi connectivity index (χ2n) is 6.37. The van der Waals surface area contributed by atoms with Gasteiger partial charge in [-0.3, -0.25) is 14.4 Å². The molecule has 2 heterocycles. The molecule has 1 atom stereocenters. The fourth-order valence-electron chi connectivity index (χ4n) is 2.81. The van der Waals surface area contributed by atoms with Crippen LogP contribution in [-0.2, 0) is 14.3 Å². The van der Waals surface area contributed by atoms with Gasteiger partial charge < -0.3 is 19.4 Å². The molecule has 0 saturated carbocycles. The van der Waals surface area contributed by atoms with Crippen LogP contribution in [-0.4, -0.2) is 42.7 Å². The van der Waals surface area contributed by atoms with Crippen molar-refractivity contribution in [2.45, 2.75) is 29.9 Å². The molecule has 2 aromatic rings. The average Bonchev–Trinajstić information content (AvgIpc) is 3.16. The smallest absolute Gasteiger partial charge is 0.308 e. The van der Waals surface area contributed by atoms with E-state index in [1.54, 1.807) is 22.7 Å². The van der Waals surface area contributed by atoms with Gasteiger partial charge in [0.15, 0.2) is 12.4 Å². The third-order valence-corrected chi connectivity index (χ3v) is 5.50. The number of hydrogen-bond acceptors (Lipinski definition) is 6. The number of furan rings is 1. The summed E-state index contributed by atoms with van der Waals surface area (Å²) in [5, 5.41) is 2.96. The molecule has 3 rings (SSSR count). The maximum atomic E-state index is 12.6. The van der Waals surface area contributed by atoms with E-state index in [2.05, 4.69) is 12.2 Å². The first kappa shape index (κ1) is 20.0. The molecule has 2 amide bonds. The summed E-state index contributed by atoms with van der Waals surface area (Å²) in [5.41, 5.74) is 0.851. The Morgan fingerprint density at radius 3 is 2.86 bits per heavy atom. The first-order valence-corrected chi connectivity index (χ1v) is 9.96. The van der Waals surface area contributed by atoms with Gasteiger partial charge in [-0.05, 0) is 30.7 Å². The Bertz CT molecular complexity index is 837. The highest BCUT2D eigenvalue weighted by atomic mass is 32.2. The van der Waals surface area contributed by atoms with Crippen LogP contribution in [0.25, 0.3) is 0 Å². The highest BCUT2D eigenvalue weighted by Crippen LogP contribution is 2.37. The molecule has 0 saturated heterocycles. The van der Waals surface area contributed by atoms with E-state index in [9.17, 15) is 14.4 Å². The van der Waals surface area contributed by atoms with Crippen LogP contribution < -0.4 is 10.2 Å². The van der Waals surface area contributed by atoms with Gasteiger partial charge in [0.2, 0.25) is 0 Å². The maximum Gasteiger partial charge on any atom is 0.308 e. The fraction of sp³-hybridized carbons (Fsp3) is 0.350. The van der Waals surface area contributed by atoms with Crippen molar-refractivity contribution in [2.24, 2.45) is 0 Å². The summed E-state index contributed by atoms with van der Waals surface area (Å²) in [5.74, 6) is -1.02. The van der Waals surface area contributed by atoms with E-state index in [1.165, 1.54) is 12.3 Å². The molecule has 1 aromatic carbocycles. The molecule has 148 valence electrons. The SMILES string of the molecule is CC1CCN(C(=O)COC(=O)CCNC(=O)c2ccco2)c2ccccc2S1. The van der Waals surface area contributed by atoms with Gasteiger partial charge in [-0.25, -0.2) is 0 Å². The van der Waals surface area contributed by atoms with E-state index in [0.717, 1.165) is 17.0 Å². The van der Waals surface area contributed by atoms with E-state index < -0.39 is 11.9 Å². The Labute approximate surface area is 167 Å². The number of amides is 2. The van der Waals surface area contributed by atoms with Crippen LogP contribution in [0.1, 0.15) is 30.3 Å². The van der Waals surface area contributed by atoms with Gasteiger partial charge in [-0.15, -0.1) is 11.8 Å². The van der Waals surface area contributed by atoms with Gasteiger partial charge in [-0.1, -0.05) is 19.1 Å². The number of benzene rings is 1. The van der Waals surface area contributed by atoms with Gasteiger partial charge >= 0.3 is 5.97 Å². The van der Waals surface area contributed by atoms with Crippen molar-refractivity contribution in [1.82, 2.24) is 5.32 Å². The van der Waals surface area contributed by atoms with Crippen LogP contribution in [0, 0.1) is 0 Å². The molecular formula is C20H22N2O5S. The van der Waals surface area contributed by atoms with E-state index >= 15 is 0 Å². The van der Waals surface area contributed by atoms with Crippen molar-refractivity contribution in [3.63, 3.8) is 0 Å². The van der Waals surface area contributed by atoms with Crippen LogP contribution in [0.5, 0.6) is 0 Å². The highest BCUT2D eigenvalue weighted by molar-refractivity contribution is 8.00.